The van der Waals surface area contributed by atoms with Gasteiger partial charge in [0.1, 0.15) is 0 Å². The minimum Gasteiger partial charge on any atom is -0.0622 e. The zero-order valence-electron chi connectivity index (χ0n) is 17.5. The van der Waals surface area contributed by atoms with Crippen LogP contribution in [-0.4, -0.2) is 0 Å². The van der Waals surface area contributed by atoms with Gasteiger partial charge in [-0.15, -0.1) is 0 Å². The molecule has 7 aromatic carbocycles. The second-order valence-corrected chi connectivity index (χ2v) is 8.65. The highest BCUT2D eigenvalue weighted by Gasteiger charge is 2.09. The van der Waals surface area contributed by atoms with Crippen LogP contribution in [0.2, 0.25) is 0 Å². The van der Waals surface area contributed by atoms with Gasteiger partial charge >= 0.3 is 0 Å². The van der Waals surface area contributed by atoms with Gasteiger partial charge in [-0.2, -0.15) is 0 Å². The highest BCUT2D eigenvalue weighted by atomic mass is 14.1. The van der Waals surface area contributed by atoms with Crippen LogP contribution in [0.1, 0.15) is 0 Å². The van der Waals surface area contributed by atoms with Crippen molar-refractivity contribution >= 4 is 53.9 Å². The summed E-state index contributed by atoms with van der Waals surface area (Å²) in [5.41, 5.74) is 2.54. The third kappa shape index (κ3) is 2.63. The van der Waals surface area contributed by atoms with Gasteiger partial charge in [-0.25, -0.2) is 0 Å². The largest absolute Gasteiger partial charge is 0.0622 e. The van der Waals surface area contributed by atoms with Crippen molar-refractivity contribution in [2.45, 2.75) is 0 Å². The molecule has 0 saturated heterocycles. The van der Waals surface area contributed by atoms with Gasteiger partial charge in [0.15, 0.2) is 0 Å². The van der Waals surface area contributed by atoms with Gasteiger partial charge in [0, 0.05) is 0 Å². The lowest BCUT2D eigenvalue weighted by Crippen LogP contribution is -1.85. The lowest BCUT2D eigenvalue weighted by Gasteiger charge is -2.12. The maximum Gasteiger partial charge on any atom is -0.00986 e. The van der Waals surface area contributed by atoms with Crippen molar-refractivity contribution in [3.8, 4) is 11.1 Å². The summed E-state index contributed by atoms with van der Waals surface area (Å²) in [6.45, 7) is 0. The Labute approximate surface area is 186 Å². The standard InChI is InChI=1S/C32H20/c1-2-7-21(8-3-1)29-12-6-11-24-17-25-13-14-26-18-27-15-22-9-4-5-10-23(22)16-28(27)19-30(26)32(25)20-31(24)29/h1-20H. The van der Waals surface area contributed by atoms with E-state index in [0.29, 0.717) is 0 Å². The molecule has 148 valence electrons. The molecule has 32 heavy (non-hydrogen) atoms. The van der Waals surface area contributed by atoms with Gasteiger partial charge in [-0.3, -0.25) is 0 Å². The van der Waals surface area contributed by atoms with Crippen LogP contribution in [-0.2, 0) is 0 Å². The topological polar surface area (TPSA) is 0 Å². The Bertz CT molecular complexity index is 1810. The molecule has 0 nitrogen and oxygen atoms in total. The van der Waals surface area contributed by atoms with Crippen LogP contribution in [0.15, 0.2) is 121 Å². The molecular weight excluding hydrogens is 384 g/mol. The Hall–Kier alpha value is -4.16. The van der Waals surface area contributed by atoms with E-state index in [1.54, 1.807) is 0 Å². The van der Waals surface area contributed by atoms with Crippen molar-refractivity contribution < 1.29 is 0 Å². The summed E-state index contributed by atoms with van der Waals surface area (Å²) in [6, 6.07) is 44.5. The Balaban J connectivity index is 1.58. The SMILES string of the molecule is c1ccc(-c2cccc3cc4ccc5cc6cc7ccccc7cc6cc5c4cc23)cc1. The molecule has 0 heteroatoms. The van der Waals surface area contributed by atoms with Crippen molar-refractivity contribution in [2.24, 2.45) is 0 Å². The van der Waals surface area contributed by atoms with Crippen LogP contribution in [0.3, 0.4) is 0 Å². The van der Waals surface area contributed by atoms with E-state index in [1.807, 2.05) is 0 Å². The molecule has 0 spiro atoms. The summed E-state index contributed by atoms with van der Waals surface area (Å²) in [5.74, 6) is 0. The van der Waals surface area contributed by atoms with Crippen molar-refractivity contribution in [3.63, 3.8) is 0 Å². The predicted molar refractivity (Wildman–Crippen MR) is 139 cm³/mol. The fourth-order valence-electron chi connectivity index (χ4n) is 5.14. The minimum atomic E-state index is 1.26. The van der Waals surface area contributed by atoms with Crippen molar-refractivity contribution in [1.82, 2.24) is 0 Å². The van der Waals surface area contributed by atoms with Crippen molar-refractivity contribution in [3.05, 3.63) is 121 Å². The van der Waals surface area contributed by atoms with E-state index >= 15 is 0 Å². The van der Waals surface area contributed by atoms with E-state index in [4.69, 9.17) is 0 Å². The normalized spacial score (nSPS) is 11.8. The van der Waals surface area contributed by atoms with Crippen LogP contribution in [0.25, 0.3) is 65.0 Å². The quantitative estimate of drug-likeness (QED) is 0.189. The van der Waals surface area contributed by atoms with Gasteiger partial charge in [-0.05, 0) is 101 Å². The fourth-order valence-corrected chi connectivity index (χ4v) is 5.14. The summed E-state index contributed by atoms with van der Waals surface area (Å²) in [6.07, 6.45) is 0. The molecule has 0 radical (unpaired) electrons. The molecule has 0 aliphatic carbocycles. The van der Waals surface area contributed by atoms with E-state index < -0.39 is 0 Å². The van der Waals surface area contributed by atoms with Crippen LogP contribution in [0, 0.1) is 0 Å². The number of rotatable bonds is 1. The van der Waals surface area contributed by atoms with Gasteiger partial charge < -0.3 is 0 Å². The van der Waals surface area contributed by atoms with Crippen molar-refractivity contribution in [2.75, 3.05) is 0 Å². The Morgan fingerprint density at radius 1 is 0.281 bits per heavy atom. The summed E-state index contributed by atoms with van der Waals surface area (Å²) in [5, 5.41) is 13.0. The minimum absolute atomic E-state index is 1.26. The average Bonchev–Trinajstić information content (AvgIpc) is 2.85. The molecule has 0 aliphatic rings. The second kappa shape index (κ2) is 6.67. The highest BCUT2D eigenvalue weighted by molar-refractivity contribution is 6.17. The van der Waals surface area contributed by atoms with Gasteiger partial charge in [-0.1, -0.05) is 84.9 Å². The number of fused-ring (bicyclic) bond motifs is 6. The third-order valence-corrected chi connectivity index (χ3v) is 6.74. The fraction of sp³-hybridized carbons (Fsp3) is 0. The van der Waals surface area contributed by atoms with Gasteiger partial charge in [0.2, 0.25) is 0 Å². The first-order valence-electron chi connectivity index (χ1n) is 11.1. The molecule has 0 aromatic heterocycles. The van der Waals surface area contributed by atoms with E-state index in [0.717, 1.165) is 0 Å². The molecular formula is C32H20. The first-order chi connectivity index (χ1) is 15.8. The molecule has 0 atom stereocenters. The summed E-state index contributed by atoms with van der Waals surface area (Å²) >= 11 is 0. The molecule has 0 unspecified atom stereocenters. The predicted octanol–water partition coefficient (Wildman–Crippen LogP) is 9.12. The zero-order valence-corrected chi connectivity index (χ0v) is 17.5. The zero-order chi connectivity index (χ0) is 21.1. The van der Waals surface area contributed by atoms with Gasteiger partial charge in [0.25, 0.3) is 0 Å². The second-order valence-electron chi connectivity index (χ2n) is 8.65. The summed E-state index contributed by atoms with van der Waals surface area (Å²) in [4.78, 5) is 0. The van der Waals surface area contributed by atoms with Crippen LogP contribution >= 0.6 is 0 Å². The van der Waals surface area contributed by atoms with E-state index in [-0.39, 0.29) is 0 Å². The maximum absolute atomic E-state index is 2.39. The Morgan fingerprint density at radius 2 is 0.812 bits per heavy atom. The Morgan fingerprint density at radius 3 is 1.56 bits per heavy atom. The first-order valence-corrected chi connectivity index (χ1v) is 11.1. The lowest BCUT2D eigenvalue weighted by atomic mass is 9.92. The smallest absolute Gasteiger partial charge is 0.00986 e. The number of benzene rings is 7. The molecule has 0 N–H and O–H groups in total. The lowest BCUT2D eigenvalue weighted by molar-refractivity contribution is 1.66. The van der Waals surface area contributed by atoms with Crippen LogP contribution in [0.4, 0.5) is 0 Å². The van der Waals surface area contributed by atoms with Gasteiger partial charge in [0.05, 0.1) is 0 Å². The molecule has 7 aromatic rings. The third-order valence-electron chi connectivity index (χ3n) is 6.74. The molecule has 7 rings (SSSR count). The van der Waals surface area contributed by atoms with Crippen LogP contribution < -0.4 is 0 Å². The van der Waals surface area contributed by atoms with Crippen LogP contribution in [0.5, 0.6) is 0 Å². The molecule has 0 bridgehead atoms. The maximum atomic E-state index is 2.39. The van der Waals surface area contributed by atoms with E-state index in [2.05, 4.69) is 121 Å². The van der Waals surface area contributed by atoms with E-state index in [1.165, 1.54) is 65.0 Å². The highest BCUT2D eigenvalue weighted by Crippen LogP contribution is 2.36. The summed E-state index contributed by atoms with van der Waals surface area (Å²) in [7, 11) is 0. The molecule has 0 heterocycles. The first kappa shape index (κ1) is 17.5. The molecule has 0 fully saturated rings. The number of hydrogen-bond acceptors (Lipinski definition) is 0. The molecule has 0 aliphatic heterocycles. The van der Waals surface area contributed by atoms with Crippen molar-refractivity contribution in [1.29, 1.82) is 0 Å². The molecule has 0 amide bonds. The summed E-state index contributed by atoms with van der Waals surface area (Å²) < 4.78 is 0. The monoisotopic (exact) mass is 404 g/mol. The Kier molecular flexibility index (Phi) is 3.65. The average molecular weight is 405 g/mol. The molecule has 0 saturated carbocycles. The number of hydrogen-bond donors (Lipinski definition) is 0. The van der Waals surface area contributed by atoms with E-state index in [9.17, 15) is 0 Å².